The Hall–Kier alpha value is -2.68. The largest absolute Gasteiger partial charge is 0.369 e. The predicted molar refractivity (Wildman–Crippen MR) is 105 cm³/mol. The highest BCUT2D eigenvalue weighted by atomic mass is 16.2. The SMILES string of the molecule is CC1CC(C)(C)N(C)c2ccc(C=C3C(=O)c4ccccc4C3=O)cc21. The van der Waals surface area contributed by atoms with Gasteiger partial charge < -0.3 is 4.90 Å². The van der Waals surface area contributed by atoms with Gasteiger partial charge in [0, 0.05) is 29.4 Å². The Balaban J connectivity index is 1.76. The lowest BCUT2D eigenvalue weighted by molar-refractivity contribution is 0.0990. The molecule has 26 heavy (non-hydrogen) atoms. The average Bonchev–Trinajstić information content (AvgIpc) is 2.85. The maximum Gasteiger partial charge on any atom is 0.197 e. The number of benzene rings is 2. The number of Topliss-reactive ketones (excluding diaryl/α,β-unsaturated/α-hetero) is 2. The van der Waals surface area contributed by atoms with Gasteiger partial charge in [-0.15, -0.1) is 0 Å². The summed E-state index contributed by atoms with van der Waals surface area (Å²) in [7, 11) is 2.13. The van der Waals surface area contributed by atoms with Crippen molar-refractivity contribution in [3.63, 3.8) is 0 Å². The van der Waals surface area contributed by atoms with Crippen LogP contribution in [-0.4, -0.2) is 24.2 Å². The minimum Gasteiger partial charge on any atom is -0.369 e. The number of carbonyl (C=O) groups excluding carboxylic acids is 2. The van der Waals surface area contributed by atoms with E-state index in [1.165, 1.54) is 11.3 Å². The topological polar surface area (TPSA) is 37.4 Å². The first-order valence-corrected chi connectivity index (χ1v) is 9.07. The van der Waals surface area contributed by atoms with Crippen LogP contribution in [0.5, 0.6) is 0 Å². The van der Waals surface area contributed by atoms with Crippen molar-refractivity contribution in [2.75, 3.05) is 11.9 Å². The molecule has 132 valence electrons. The zero-order chi connectivity index (χ0) is 18.6. The first-order valence-electron chi connectivity index (χ1n) is 9.07. The van der Waals surface area contributed by atoms with Crippen molar-refractivity contribution < 1.29 is 9.59 Å². The van der Waals surface area contributed by atoms with Crippen molar-refractivity contribution in [3.05, 3.63) is 70.3 Å². The molecule has 0 N–H and O–H groups in total. The summed E-state index contributed by atoms with van der Waals surface area (Å²) in [6.07, 6.45) is 2.82. The molecule has 0 saturated heterocycles. The third kappa shape index (κ3) is 2.42. The van der Waals surface area contributed by atoms with E-state index in [4.69, 9.17) is 0 Å². The Labute approximate surface area is 154 Å². The molecule has 1 heterocycles. The van der Waals surface area contributed by atoms with E-state index in [1.807, 2.05) is 6.07 Å². The van der Waals surface area contributed by atoms with Gasteiger partial charge in [-0.05, 0) is 55.5 Å². The monoisotopic (exact) mass is 345 g/mol. The van der Waals surface area contributed by atoms with E-state index in [2.05, 4.69) is 44.9 Å². The molecule has 0 spiro atoms. The Morgan fingerprint density at radius 1 is 1.04 bits per heavy atom. The lowest BCUT2D eigenvalue weighted by Crippen LogP contribution is -2.45. The molecule has 0 fully saturated rings. The van der Waals surface area contributed by atoms with Crippen LogP contribution in [0.2, 0.25) is 0 Å². The molecule has 0 aromatic heterocycles. The Morgan fingerprint density at radius 2 is 1.65 bits per heavy atom. The molecule has 2 aliphatic rings. The standard InChI is InChI=1S/C23H23NO2/c1-14-13-23(2,3)24(4)20-10-9-15(11-18(14)20)12-19-21(25)16-7-5-6-8-17(16)22(19)26/h5-12,14H,13H2,1-4H3. The molecule has 2 aromatic rings. The highest BCUT2D eigenvalue weighted by Crippen LogP contribution is 2.43. The third-order valence-electron chi connectivity index (χ3n) is 5.87. The van der Waals surface area contributed by atoms with Gasteiger partial charge in [0.15, 0.2) is 11.6 Å². The van der Waals surface area contributed by atoms with Crippen LogP contribution in [0.15, 0.2) is 48.0 Å². The summed E-state index contributed by atoms with van der Waals surface area (Å²) in [4.78, 5) is 27.5. The maximum atomic E-state index is 12.6. The van der Waals surface area contributed by atoms with Gasteiger partial charge in [-0.25, -0.2) is 0 Å². The van der Waals surface area contributed by atoms with E-state index < -0.39 is 0 Å². The van der Waals surface area contributed by atoms with Gasteiger partial charge in [0.2, 0.25) is 0 Å². The average molecular weight is 345 g/mol. The second-order valence-corrected chi connectivity index (χ2v) is 8.06. The van der Waals surface area contributed by atoms with E-state index in [0.717, 1.165) is 12.0 Å². The third-order valence-corrected chi connectivity index (χ3v) is 5.87. The quantitative estimate of drug-likeness (QED) is 0.546. The number of rotatable bonds is 1. The van der Waals surface area contributed by atoms with Crippen LogP contribution in [0.25, 0.3) is 6.08 Å². The van der Waals surface area contributed by atoms with E-state index in [1.54, 1.807) is 30.3 Å². The smallest absolute Gasteiger partial charge is 0.197 e. The molecule has 2 aromatic carbocycles. The predicted octanol–water partition coefficient (Wildman–Crippen LogP) is 4.87. The van der Waals surface area contributed by atoms with Gasteiger partial charge in [0.05, 0.1) is 5.57 Å². The molecule has 3 heteroatoms. The summed E-state index contributed by atoms with van der Waals surface area (Å²) in [5.41, 5.74) is 4.82. The van der Waals surface area contributed by atoms with Crippen LogP contribution < -0.4 is 4.90 Å². The number of fused-ring (bicyclic) bond motifs is 2. The summed E-state index contributed by atoms with van der Waals surface area (Å²) >= 11 is 0. The first kappa shape index (κ1) is 16.8. The summed E-state index contributed by atoms with van der Waals surface area (Å²) in [5, 5.41) is 0. The van der Waals surface area contributed by atoms with Crippen LogP contribution in [0.4, 0.5) is 5.69 Å². The molecule has 0 saturated carbocycles. The van der Waals surface area contributed by atoms with Crippen molar-refractivity contribution in [1.29, 1.82) is 0 Å². The van der Waals surface area contributed by atoms with Crippen molar-refractivity contribution in [1.82, 2.24) is 0 Å². The molecule has 1 aliphatic carbocycles. The summed E-state index contributed by atoms with van der Waals surface area (Å²) in [6, 6.07) is 13.3. The van der Waals surface area contributed by atoms with E-state index in [0.29, 0.717) is 17.0 Å². The van der Waals surface area contributed by atoms with Gasteiger partial charge in [-0.3, -0.25) is 9.59 Å². The zero-order valence-corrected chi connectivity index (χ0v) is 15.7. The number of nitrogens with zero attached hydrogens (tertiary/aromatic N) is 1. The fourth-order valence-electron chi connectivity index (χ4n) is 4.26. The number of ketones is 2. The van der Waals surface area contributed by atoms with E-state index >= 15 is 0 Å². The molecule has 1 atom stereocenters. The Kier molecular flexibility index (Phi) is 3.65. The molecule has 1 unspecified atom stereocenters. The van der Waals surface area contributed by atoms with Crippen LogP contribution in [0.1, 0.15) is 65.0 Å². The second-order valence-electron chi connectivity index (χ2n) is 8.06. The molecular weight excluding hydrogens is 322 g/mol. The summed E-state index contributed by atoms with van der Waals surface area (Å²) in [6.45, 7) is 6.76. The van der Waals surface area contributed by atoms with Crippen LogP contribution in [0.3, 0.4) is 0 Å². The second kappa shape index (κ2) is 5.66. The van der Waals surface area contributed by atoms with E-state index in [-0.39, 0.29) is 22.7 Å². The molecule has 1 aliphatic heterocycles. The van der Waals surface area contributed by atoms with Crippen molar-refractivity contribution >= 4 is 23.3 Å². The Bertz CT molecular complexity index is 931. The molecule has 0 amide bonds. The molecular formula is C23H23NO2. The highest BCUT2D eigenvalue weighted by Gasteiger charge is 2.35. The number of anilines is 1. The number of allylic oxidation sites excluding steroid dienone is 1. The maximum absolute atomic E-state index is 12.6. The number of hydrogen-bond donors (Lipinski definition) is 0. The van der Waals surface area contributed by atoms with Crippen LogP contribution >= 0.6 is 0 Å². The highest BCUT2D eigenvalue weighted by molar-refractivity contribution is 6.41. The van der Waals surface area contributed by atoms with Crippen LogP contribution in [-0.2, 0) is 0 Å². The van der Waals surface area contributed by atoms with Gasteiger partial charge in [0.25, 0.3) is 0 Å². The zero-order valence-electron chi connectivity index (χ0n) is 15.7. The minimum absolute atomic E-state index is 0.116. The normalized spacial score (nSPS) is 20.8. The molecule has 3 nitrogen and oxygen atoms in total. The minimum atomic E-state index is -0.172. The first-order chi connectivity index (χ1) is 12.3. The summed E-state index contributed by atoms with van der Waals surface area (Å²) < 4.78 is 0. The lowest BCUT2D eigenvalue weighted by Gasteiger charge is -2.45. The van der Waals surface area contributed by atoms with Gasteiger partial charge in [-0.2, -0.15) is 0 Å². The number of hydrogen-bond acceptors (Lipinski definition) is 3. The number of carbonyl (C=O) groups is 2. The van der Waals surface area contributed by atoms with E-state index in [9.17, 15) is 9.59 Å². The Morgan fingerprint density at radius 3 is 2.27 bits per heavy atom. The van der Waals surface area contributed by atoms with Crippen molar-refractivity contribution in [2.45, 2.75) is 38.6 Å². The summed E-state index contributed by atoms with van der Waals surface area (Å²) in [5.74, 6) is 0.0889. The van der Waals surface area contributed by atoms with Crippen molar-refractivity contribution in [2.24, 2.45) is 0 Å². The lowest BCUT2D eigenvalue weighted by atomic mass is 9.80. The van der Waals surface area contributed by atoms with Crippen LogP contribution in [0, 0.1) is 0 Å². The van der Waals surface area contributed by atoms with Gasteiger partial charge in [-0.1, -0.05) is 37.3 Å². The fourth-order valence-corrected chi connectivity index (χ4v) is 4.26. The van der Waals surface area contributed by atoms with Gasteiger partial charge >= 0.3 is 0 Å². The van der Waals surface area contributed by atoms with Crippen molar-refractivity contribution in [3.8, 4) is 0 Å². The fraction of sp³-hybridized carbons (Fsp3) is 0.304. The molecule has 4 rings (SSSR count). The molecule has 0 bridgehead atoms. The van der Waals surface area contributed by atoms with Gasteiger partial charge in [0.1, 0.15) is 0 Å². The molecule has 0 radical (unpaired) electrons.